The van der Waals surface area contributed by atoms with Crippen molar-refractivity contribution in [3.8, 4) is 0 Å². The Balaban J connectivity index is 2.76. The minimum atomic E-state index is -0.718. The first-order chi connectivity index (χ1) is 7.09. The molecule has 0 saturated heterocycles. The maximum atomic E-state index is 10.8. The molecule has 0 bridgehead atoms. The lowest BCUT2D eigenvalue weighted by atomic mass is 9.99. The first kappa shape index (κ1) is 11.6. The maximum absolute atomic E-state index is 10.8. The van der Waals surface area contributed by atoms with Gasteiger partial charge in [0.15, 0.2) is 0 Å². The molecular weight excluding hydrogens is 190 g/mol. The summed E-state index contributed by atoms with van der Waals surface area (Å²) in [4.78, 5) is 10.8. The largest absolute Gasteiger partial charge is 0.442 e. The van der Waals surface area contributed by atoms with Gasteiger partial charge in [0.25, 0.3) is 0 Å². The highest BCUT2D eigenvalue weighted by atomic mass is 16.6. The third-order valence-corrected chi connectivity index (χ3v) is 2.12. The Bertz CT molecular complexity index is 309. The van der Waals surface area contributed by atoms with E-state index in [2.05, 4.69) is 13.8 Å². The van der Waals surface area contributed by atoms with E-state index in [0.717, 1.165) is 12.0 Å². The van der Waals surface area contributed by atoms with Gasteiger partial charge >= 0.3 is 6.09 Å². The highest BCUT2D eigenvalue weighted by molar-refractivity contribution is 5.65. The van der Waals surface area contributed by atoms with Crippen molar-refractivity contribution in [3.63, 3.8) is 0 Å². The van der Waals surface area contributed by atoms with Crippen molar-refractivity contribution in [2.24, 2.45) is 11.7 Å². The fourth-order valence-electron chi connectivity index (χ4n) is 1.49. The second kappa shape index (κ2) is 5.39. The van der Waals surface area contributed by atoms with Gasteiger partial charge in [0.2, 0.25) is 0 Å². The average molecular weight is 207 g/mol. The zero-order valence-electron chi connectivity index (χ0n) is 9.14. The number of hydrogen-bond donors (Lipinski definition) is 1. The molecule has 1 amide bonds. The molecule has 82 valence electrons. The minimum Gasteiger partial charge on any atom is -0.442 e. The summed E-state index contributed by atoms with van der Waals surface area (Å²) in [7, 11) is 0. The van der Waals surface area contributed by atoms with Crippen LogP contribution in [0.3, 0.4) is 0 Å². The lowest BCUT2D eigenvalue weighted by Gasteiger charge is -2.18. The standard InChI is InChI=1S/C12H17NO2/c1-9(2)8-11(15-12(13)14)10-6-4-3-5-7-10/h3-7,9,11H,8H2,1-2H3,(H2,13,14). The molecule has 1 atom stereocenters. The van der Waals surface area contributed by atoms with Crippen molar-refractivity contribution in [1.29, 1.82) is 0 Å². The van der Waals surface area contributed by atoms with Crippen LogP contribution in [0.2, 0.25) is 0 Å². The van der Waals surface area contributed by atoms with Crippen molar-refractivity contribution in [2.45, 2.75) is 26.4 Å². The van der Waals surface area contributed by atoms with Gasteiger partial charge in [-0.3, -0.25) is 0 Å². The van der Waals surface area contributed by atoms with Gasteiger partial charge in [-0.05, 0) is 17.9 Å². The van der Waals surface area contributed by atoms with Gasteiger partial charge in [-0.1, -0.05) is 44.2 Å². The van der Waals surface area contributed by atoms with E-state index in [1.807, 2.05) is 30.3 Å². The summed E-state index contributed by atoms with van der Waals surface area (Å²) in [6, 6.07) is 9.66. The number of rotatable bonds is 4. The van der Waals surface area contributed by atoms with Crippen LogP contribution in [-0.2, 0) is 4.74 Å². The topological polar surface area (TPSA) is 52.3 Å². The van der Waals surface area contributed by atoms with Crippen molar-refractivity contribution < 1.29 is 9.53 Å². The smallest absolute Gasteiger partial charge is 0.405 e. The van der Waals surface area contributed by atoms with E-state index in [1.165, 1.54) is 0 Å². The van der Waals surface area contributed by atoms with E-state index in [0.29, 0.717) is 5.92 Å². The Morgan fingerprint density at radius 3 is 2.40 bits per heavy atom. The van der Waals surface area contributed by atoms with Crippen LogP contribution in [-0.4, -0.2) is 6.09 Å². The van der Waals surface area contributed by atoms with Crippen molar-refractivity contribution in [1.82, 2.24) is 0 Å². The zero-order valence-corrected chi connectivity index (χ0v) is 9.14. The van der Waals surface area contributed by atoms with Crippen LogP contribution in [0.4, 0.5) is 4.79 Å². The summed E-state index contributed by atoms with van der Waals surface area (Å²) < 4.78 is 5.09. The second-order valence-corrected chi connectivity index (χ2v) is 3.97. The quantitative estimate of drug-likeness (QED) is 0.825. The summed E-state index contributed by atoms with van der Waals surface area (Å²) in [5.41, 5.74) is 6.04. The van der Waals surface area contributed by atoms with Gasteiger partial charge in [0, 0.05) is 0 Å². The average Bonchev–Trinajstić information content (AvgIpc) is 2.17. The molecule has 3 nitrogen and oxygen atoms in total. The molecule has 1 unspecified atom stereocenters. The van der Waals surface area contributed by atoms with E-state index >= 15 is 0 Å². The summed E-state index contributed by atoms with van der Waals surface area (Å²) >= 11 is 0. The van der Waals surface area contributed by atoms with Crippen LogP contribution in [0.5, 0.6) is 0 Å². The number of hydrogen-bond acceptors (Lipinski definition) is 2. The number of primary amides is 1. The molecular formula is C12H17NO2. The summed E-state index contributed by atoms with van der Waals surface area (Å²) in [5, 5.41) is 0. The molecule has 3 heteroatoms. The molecule has 0 radical (unpaired) electrons. The summed E-state index contributed by atoms with van der Waals surface area (Å²) in [6.45, 7) is 4.17. The van der Waals surface area contributed by atoms with E-state index in [1.54, 1.807) is 0 Å². The summed E-state index contributed by atoms with van der Waals surface area (Å²) in [6.07, 6.45) is -0.166. The van der Waals surface area contributed by atoms with Crippen LogP contribution in [0.25, 0.3) is 0 Å². The monoisotopic (exact) mass is 207 g/mol. The normalized spacial score (nSPS) is 12.5. The first-order valence-electron chi connectivity index (χ1n) is 5.10. The van der Waals surface area contributed by atoms with Gasteiger partial charge < -0.3 is 10.5 Å². The molecule has 1 rings (SSSR count). The first-order valence-corrected chi connectivity index (χ1v) is 5.10. The van der Waals surface area contributed by atoms with Crippen molar-refractivity contribution >= 4 is 6.09 Å². The number of benzene rings is 1. The molecule has 0 spiro atoms. The van der Waals surface area contributed by atoms with Crippen molar-refractivity contribution in [2.75, 3.05) is 0 Å². The molecule has 0 saturated carbocycles. The summed E-state index contributed by atoms with van der Waals surface area (Å²) in [5.74, 6) is 0.453. The van der Waals surface area contributed by atoms with Crippen LogP contribution in [0.1, 0.15) is 31.9 Å². The van der Waals surface area contributed by atoms with Crippen LogP contribution in [0.15, 0.2) is 30.3 Å². The molecule has 0 aliphatic carbocycles. The Labute approximate surface area is 90.2 Å². The van der Waals surface area contributed by atoms with Gasteiger partial charge in [0.05, 0.1) is 0 Å². The Kier molecular flexibility index (Phi) is 4.16. The van der Waals surface area contributed by atoms with Crippen LogP contribution >= 0.6 is 0 Å². The number of carbonyl (C=O) groups excluding carboxylic acids is 1. The van der Waals surface area contributed by atoms with Gasteiger partial charge in [0.1, 0.15) is 6.10 Å². The Morgan fingerprint density at radius 1 is 1.33 bits per heavy atom. The SMILES string of the molecule is CC(C)CC(OC(N)=O)c1ccccc1. The molecule has 0 heterocycles. The molecule has 0 aromatic heterocycles. The molecule has 15 heavy (non-hydrogen) atoms. The highest BCUT2D eigenvalue weighted by Crippen LogP contribution is 2.24. The zero-order chi connectivity index (χ0) is 11.3. The Morgan fingerprint density at radius 2 is 1.93 bits per heavy atom. The lowest BCUT2D eigenvalue weighted by molar-refractivity contribution is 0.0934. The van der Waals surface area contributed by atoms with Crippen LogP contribution < -0.4 is 5.73 Å². The van der Waals surface area contributed by atoms with E-state index in [9.17, 15) is 4.79 Å². The molecule has 0 aliphatic rings. The number of ether oxygens (including phenoxy) is 1. The van der Waals surface area contributed by atoms with Gasteiger partial charge in [-0.2, -0.15) is 0 Å². The molecule has 0 aliphatic heterocycles. The van der Waals surface area contributed by atoms with E-state index in [4.69, 9.17) is 10.5 Å². The third-order valence-electron chi connectivity index (χ3n) is 2.12. The number of nitrogens with two attached hydrogens (primary N) is 1. The molecule has 1 aromatic rings. The molecule has 0 fully saturated rings. The van der Waals surface area contributed by atoms with E-state index < -0.39 is 6.09 Å². The number of amides is 1. The number of carbonyl (C=O) groups is 1. The third kappa shape index (κ3) is 4.02. The van der Waals surface area contributed by atoms with Gasteiger partial charge in [-0.25, -0.2) is 4.79 Å². The fraction of sp³-hybridized carbons (Fsp3) is 0.417. The Hall–Kier alpha value is -1.51. The maximum Gasteiger partial charge on any atom is 0.405 e. The second-order valence-electron chi connectivity index (χ2n) is 3.97. The van der Waals surface area contributed by atoms with Gasteiger partial charge in [-0.15, -0.1) is 0 Å². The van der Waals surface area contributed by atoms with Crippen molar-refractivity contribution in [3.05, 3.63) is 35.9 Å². The van der Waals surface area contributed by atoms with Crippen LogP contribution in [0, 0.1) is 5.92 Å². The predicted molar refractivity (Wildman–Crippen MR) is 59.3 cm³/mol. The highest BCUT2D eigenvalue weighted by Gasteiger charge is 2.16. The fourth-order valence-corrected chi connectivity index (χ4v) is 1.49. The lowest BCUT2D eigenvalue weighted by Crippen LogP contribution is -2.18. The predicted octanol–water partition coefficient (Wildman–Crippen LogP) is 2.87. The minimum absolute atomic E-state index is 0.233. The molecule has 1 aromatic carbocycles. The van der Waals surface area contributed by atoms with E-state index in [-0.39, 0.29) is 6.10 Å². The molecule has 2 N–H and O–H groups in total.